The Morgan fingerprint density at radius 3 is 1.14 bits per heavy atom. The van der Waals surface area contributed by atoms with Gasteiger partial charge < -0.3 is 9.47 Å². The van der Waals surface area contributed by atoms with Crippen LogP contribution in [0.4, 0.5) is 4.79 Å². The van der Waals surface area contributed by atoms with Gasteiger partial charge in [0.25, 0.3) is 0 Å². The summed E-state index contributed by atoms with van der Waals surface area (Å²) in [6, 6.07) is 36.3. The smallest absolute Gasteiger partial charge is 0.395 e. The number of benzene rings is 4. The Morgan fingerprint density at radius 1 is 0.528 bits per heavy atom. The van der Waals surface area contributed by atoms with Crippen molar-refractivity contribution in [3.8, 4) is 11.5 Å². The highest BCUT2D eigenvalue weighted by atomic mass is 16.7. The predicted octanol–water partition coefficient (Wildman–Crippen LogP) is 8.70. The van der Waals surface area contributed by atoms with Crippen molar-refractivity contribution in [2.75, 3.05) is 0 Å². The molecule has 36 heavy (non-hydrogen) atoms. The van der Waals surface area contributed by atoms with Gasteiger partial charge in [0.1, 0.15) is 11.5 Å². The number of rotatable bonds is 8. The maximum Gasteiger partial charge on any atom is 0.519 e. The third-order valence-electron chi connectivity index (χ3n) is 7.62. The van der Waals surface area contributed by atoms with E-state index in [1.165, 1.54) is 22.3 Å². The summed E-state index contributed by atoms with van der Waals surface area (Å²) in [5.41, 5.74) is 4.63. The van der Waals surface area contributed by atoms with Crippen molar-refractivity contribution < 1.29 is 14.3 Å². The molecule has 0 saturated heterocycles. The van der Waals surface area contributed by atoms with Gasteiger partial charge in [-0.3, -0.25) is 0 Å². The molecular weight excluding hydrogens is 444 g/mol. The fourth-order valence-corrected chi connectivity index (χ4v) is 4.76. The Hall–Kier alpha value is -3.85. The summed E-state index contributed by atoms with van der Waals surface area (Å²) in [4.78, 5) is 12.5. The lowest BCUT2D eigenvalue weighted by Crippen LogP contribution is -2.22. The molecule has 3 heteroatoms. The van der Waals surface area contributed by atoms with Crippen LogP contribution in [0.3, 0.4) is 0 Å². The normalized spacial score (nSPS) is 14.3. The molecule has 4 rings (SSSR count). The van der Waals surface area contributed by atoms with Gasteiger partial charge in [0.15, 0.2) is 0 Å². The summed E-state index contributed by atoms with van der Waals surface area (Å²) in [6.07, 6.45) is 1.16. The Balaban J connectivity index is 1.42. The lowest BCUT2D eigenvalue weighted by molar-refractivity contribution is 0.152. The highest BCUT2D eigenvalue weighted by molar-refractivity contribution is 5.67. The lowest BCUT2D eigenvalue weighted by atomic mass is 9.74. The van der Waals surface area contributed by atoms with Crippen LogP contribution in [0.15, 0.2) is 109 Å². The van der Waals surface area contributed by atoms with Crippen molar-refractivity contribution in [1.82, 2.24) is 0 Å². The average molecular weight is 479 g/mol. The fourth-order valence-electron chi connectivity index (χ4n) is 4.76. The van der Waals surface area contributed by atoms with E-state index in [1.807, 2.05) is 60.7 Å². The fraction of sp³-hybridized carbons (Fsp3) is 0.242. The number of carbonyl (C=O) groups excluding carboxylic acids is 1. The van der Waals surface area contributed by atoms with Crippen LogP contribution < -0.4 is 9.47 Å². The van der Waals surface area contributed by atoms with E-state index in [-0.39, 0.29) is 10.8 Å². The molecule has 0 heterocycles. The Bertz CT molecular complexity index is 1160. The molecule has 0 aromatic heterocycles. The van der Waals surface area contributed by atoms with E-state index < -0.39 is 6.16 Å². The SMILES string of the molecule is CCC(C)(c1ccccc1)c1ccc(OC(=O)Oc2ccc(C(C)(CC)c3ccccc3)cc2)cc1. The standard InChI is InChI=1S/C33H34O3/c1-5-32(3,25-13-9-7-10-14-25)27-17-21-29(22-18-27)35-31(34)36-30-23-19-28(20-24-30)33(4,6-2)26-15-11-8-12-16-26/h7-24H,5-6H2,1-4H3. The van der Waals surface area contributed by atoms with Gasteiger partial charge in [-0.25, -0.2) is 4.79 Å². The van der Waals surface area contributed by atoms with Crippen molar-refractivity contribution in [2.24, 2.45) is 0 Å². The molecule has 0 aliphatic carbocycles. The molecule has 0 amide bonds. The maximum atomic E-state index is 12.5. The van der Waals surface area contributed by atoms with Crippen molar-refractivity contribution >= 4 is 6.16 Å². The third kappa shape index (κ3) is 5.21. The van der Waals surface area contributed by atoms with Gasteiger partial charge in [-0.1, -0.05) is 113 Å². The van der Waals surface area contributed by atoms with Crippen molar-refractivity contribution in [1.29, 1.82) is 0 Å². The average Bonchev–Trinajstić information content (AvgIpc) is 2.94. The summed E-state index contributed by atoms with van der Waals surface area (Å²) in [5, 5.41) is 0. The van der Waals surface area contributed by atoms with Crippen LogP contribution >= 0.6 is 0 Å². The van der Waals surface area contributed by atoms with Crippen molar-refractivity contribution in [2.45, 2.75) is 51.4 Å². The largest absolute Gasteiger partial charge is 0.519 e. The minimum Gasteiger partial charge on any atom is -0.395 e. The number of hydrogen-bond donors (Lipinski definition) is 0. The Kier molecular flexibility index (Phi) is 7.59. The van der Waals surface area contributed by atoms with Crippen molar-refractivity contribution in [3.63, 3.8) is 0 Å². The number of carbonyl (C=O) groups is 1. The van der Waals surface area contributed by atoms with Crippen LogP contribution in [-0.2, 0) is 10.8 Å². The molecular formula is C33H34O3. The number of ether oxygens (including phenoxy) is 2. The second-order valence-electron chi connectivity index (χ2n) is 9.61. The summed E-state index contributed by atoms with van der Waals surface area (Å²) < 4.78 is 10.9. The zero-order chi connectivity index (χ0) is 25.6. The monoisotopic (exact) mass is 478 g/mol. The molecule has 0 aliphatic rings. The summed E-state index contributed by atoms with van der Waals surface area (Å²) in [7, 11) is 0. The molecule has 0 radical (unpaired) electrons. The molecule has 0 spiro atoms. The molecule has 4 aromatic rings. The topological polar surface area (TPSA) is 35.5 Å². The zero-order valence-corrected chi connectivity index (χ0v) is 21.5. The first-order valence-electron chi connectivity index (χ1n) is 12.6. The number of hydrogen-bond acceptors (Lipinski definition) is 3. The van der Waals surface area contributed by atoms with Crippen LogP contribution in [0, 0.1) is 0 Å². The molecule has 0 N–H and O–H groups in total. The molecule has 2 atom stereocenters. The van der Waals surface area contributed by atoms with Crippen molar-refractivity contribution in [3.05, 3.63) is 131 Å². The molecule has 0 fully saturated rings. The van der Waals surface area contributed by atoms with Crippen LogP contribution in [0.5, 0.6) is 11.5 Å². The second kappa shape index (κ2) is 10.8. The van der Waals surface area contributed by atoms with Gasteiger partial charge in [0, 0.05) is 10.8 Å². The van der Waals surface area contributed by atoms with Gasteiger partial charge in [0.2, 0.25) is 0 Å². The molecule has 2 unspecified atom stereocenters. The van der Waals surface area contributed by atoms with Gasteiger partial charge in [-0.05, 0) is 59.4 Å². The van der Waals surface area contributed by atoms with Crippen LogP contribution in [0.25, 0.3) is 0 Å². The lowest BCUT2D eigenvalue weighted by Gasteiger charge is -2.30. The third-order valence-corrected chi connectivity index (χ3v) is 7.62. The summed E-state index contributed by atoms with van der Waals surface area (Å²) >= 11 is 0. The Labute approximate surface area is 214 Å². The minimum atomic E-state index is -0.752. The van der Waals surface area contributed by atoms with E-state index in [1.54, 1.807) is 0 Å². The van der Waals surface area contributed by atoms with E-state index in [0.29, 0.717) is 11.5 Å². The predicted molar refractivity (Wildman–Crippen MR) is 146 cm³/mol. The Morgan fingerprint density at radius 2 is 0.833 bits per heavy atom. The molecule has 4 aromatic carbocycles. The quantitative estimate of drug-likeness (QED) is 0.188. The summed E-state index contributed by atoms with van der Waals surface area (Å²) in [6.45, 7) is 8.83. The first kappa shape index (κ1) is 25.2. The van der Waals surface area contributed by atoms with E-state index in [9.17, 15) is 4.79 Å². The van der Waals surface area contributed by atoms with E-state index in [4.69, 9.17) is 9.47 Å². The van der Waals surface area contributed by atoms with E-state index in [2.05, 4.69) is 76.2 Å². The maximum absolute atomic E-state index is 12.5. The zero-order valence-electron chi connectivity index (χ0n) is 21.5. The second-order valence-corrected chi connectivity index (χ2v) is 9.61. The van der Waals surface area contributed by atoms with Crippen LogP contribution in [-0.4, -0.2) is 6.16 Å². The van der Waals surface area contributed by atoms with Gasteiger partial charge in [0.05, 0.1) is 0 Å². The molecule has 3 nitrogen and oxygen atoms in total. The molecule has 184 valence electrons. The highest BCUT2D eigenvalue weighted by Crippen LogP contribution is 2.37. The minimum absolute atomic E-state index is 0.116. The van der Waals surface area contributed by atoms with E-state index in [0.717, 1.165) is 12.8 Å². The van der Waals surface area contributed by atoms with E-state index >= 15 is 0 Å². The molecule has 0 bridgehead atoms. The van der Waals surface area contributed by atoms with Gasteiger partial charge in [-0.15, -0.1) is 0 Å². The van der Waals surface area contributed by atoms with Crippen LogP contribution in [0.1, 0.15) is 62.8 Å². The molecule has 0 saturated carbocycles. The summed E-state index contributed by atoms with van der Waals surface area (Å²) in [5.74, 6) is 0.907. The van der Waals surface area contributed by atoms with Crippen LogP contribution in [0.2, 0.25) is 0 Å². The van der Waals surface area contributed by atoms with Gasteiger partial charge >= 0.3 is 6.16 Å². The first-order chi connectivity index (χ1) is 17.4. The molecule has 0 aliphatic heterocycles. The first-order valence-corrected chi connectivity index (χ1v) is 12.6. The van der Waals surface area contributed by atoms with Gasteiger partial charge in [-0.2, -0.15) is 0 Å². The highest BCUT2D eigenvalue weighted by Gasteiger charge is 2.28.